The van der Waals surface area contributed by atoms with Crippen molar-refractivity contribution in [2.45, 2.75) is 57.7 Å². The Morgan fingerprint density at radius 1 is 0.939 bits per heavy atom. The van der Waals surface area contributed by atoms with E-state index in [1.165, 1.54) is 6.07 Å². The number of phenols is 1. The van der Waals surface area contributed by atoms with E-state index in [2.05, 4.69) is 10.3 Å². The lowest BCUT2D eigenvalue weighted by Crippen LogP contribution is -2.23. The van der Waals surface area contributed by atoms with Gasteiger partial charge in [-0.25, -0.2) is 4.98 Å². The fraction of sp³-hybridized carbons (Fsp3) is 0.560. The lowest BCUT2D eigenvalue weighted by Gasteiger charge is -2.13. The normalized spacial score (nSPS) is 12.1. The van der Waals surface area contributed by atoms with Gasteiger partial charge in [0.25, 0.3) is 0 Å². The van der Waals surface area contributed by atoms with Gasteiger partial charge in [-0.15, -0.1) is 0 Å². The molecule has 2 aromatic rings. The van der Waals surface area contributed by atoms with E-state index in [-0.39, 0.29) is 23.8 Å². The van der Waals surface area contributed by atoms with Gasteiger partial charge < -0.3 is 35.2 Å². The minimum absolute atomic E-state index is 0.0690. The molecular formula is C25H38N2O6. The lowest BCUT2D eigenvalue weighted by atomic mass is 10.1. The van der Waals surface area contributed by atoms with Crippen LogP contribution in [-0.4, -0.2) is 58.8 Å². The zero-order chi connectivity index (χ0) is 23.9. The Morgan fingerprint density at radius 3 is 2.42 bits per heavy atom. The van der Waals surface area contributed by atoms with Crippen LogP contribution < -0.4 is 10.1 Å². The van der Waals surface area contributed by atoms with Gasteiger partial charge in [-0.3, -0.25) is 0 Å². The number of hydrogen-bond donors (Lipinski definition) is 5. The third kappa shape index (κ3) is 9.96. The fourth-order valence-corrected chi connectivity index (χ4v) is 3.48. The smallest absolute Gasteiger partial charge is 0.160 e. The molecule has 5 N–H and O–H groups in total. The molecule has 0 aliphatic rings. The number of hydrogen-bond acceptors (Lipinski definition) is 8. The summed E-state index contributed by atoms with van der Waals surface area (Å²) in [7, 11) is 1.56. The standard InChI is InChI=1S/C25H38N2O6/c1-32-25-16-19(9-11-23(25)30)8-4-7-15-33-14-6-3-2-5-13-26-17-24(31)20-10-12-22(29)21(18-28)27-20/h9-12,16,24,26,28-31H,2-8,13-15,17-18H2,1H3. The van der Waals surface area contributed by atoms with Gasteiger partial charge in [0.05, 0.1) is 19.4 Å². The molecule has 33 heavy (non-hydrogen) atoms. The zero-order valence-electron chi connectivity index (χ0n) is 19.5. The van der Waals surface area contributed by atoms with Gasteiger partial charge in [0, 0.05) is 19.8 Å². The molecule has 8 heteroatoms. The first-order chi connectivity index (χ1) is 16.0. The summed E-state index contributed by atoms with van der Waals surface area (Å²) in [6, 6.07) is 8.47. The highest BCUT2D eigenvalue weighted by Gasteiger charge is 2.11. The molecule has 1 aromatic heterocycles. The number of aryl methyl sites for hydroxylation is 1. The molecule has 1 heterocycles. The summed E-state index contributed by atoms with van der Waals surface area (Å²) >= 11 is 0. The predicted molar refractivity (Wildman–Crippen MR) is 127 cm³/mol. The van der Waals surface area contributed by atoms with Gasteiger partial charge in [-0.05, 0) is 68.5 Å². The second-order valence-corrected chi connectivity index (χ2v) is 8.07. The molecule has 1 aromatic carbocycles. The first-order valence-electron chi connectivity index (χ1n) is 11.7. The Morgan fingerprint density at radius 2 is 1.67 bits per heavy atom. The van der Waals surface area contributed by atoms with Crippen molar-refractivity contribution < 1.29 is 29.9 Å². The molecule has 184 valence electrons. The fourth-order valence-electron chi connectivity index (χ4n) is 3.48. The van der Waals surface area contributed by atoms with Gasteiger partial charge in [0.2, 0.25) is 0 Å². The first-order valence-corrected chi connectivity index (χ1v) is 11.7. The van der Waals surface area contributed by atoms with Gasteiger partial charge in [0.1, 0.15) is 17.5 Å². The number of rotatable bonds is 17. The van der Waals surface area contributed by atoms with Crippen LogP contribution in [-0.2, 0) is 17.8 Å². The summed E-state index contributed by atoms with van der Waals surface area (Å²) in [6.07, 6.45) is 6.47. The van der Waals surface area contributed by atoms with E-state index in [1.807, 2.05) is 12.1 Å². The molecule has 0 fully saturated rings. The summed E-state index contributed by atoms with van der Waals surface area (Å²) in [4.78, 5) is 4.07. The summed E-state index contributed by atoms with van der Waals surface area (Å²) < 4.78 is 10.8. The molecule has 0 spiro atoms. The van der Waals surface area contributed by atoms with Crippen molar-refractivity contribution in [3.8, 4) is 17.2 Å². The Bertz CT molecular complexity index is 817. The van der Waals surface area contributed by atoms with Crippen LogP contribution in [0.3, 0.4) is 0 Å². The highest BCUT2D eigenvalue weighted by atomic mass is 16.5. The second-order valence-electron chi connectivity index (χ2n) is 8.07. The largest absolute Gasteiger partial charge is 0.506 e. The molecule has 0 saturated carbocycles. The van der Waals surface area contributed by atoms with Crippen molar-refractivity contribution in [3.63, 3.8) is 0 Å². The zero-order valence-corrected chi connectivity index (χ0v) is 19.5. The number of nitrogens with zero attached hydrogens (tertiary/aromatic N) is 1. The highest BCUT2D eigenvalue weighted by Crippen LogP contribution is 2.26. The molecule has 8 nitrogen and oxygen atoms in total. The molecular weight excluding hydrogens is 424 g/mol. The molecule has 0 aliphatic carbocycles. The SMILES string of the molecule is COc1cc(CCCCOCCCCCCNCC(O)c2ccc(O)c(CO)n2)ccc1O. The minimum atomic E-state index is -0.777. The molecule has 0 amide bonds. The van der Waals surface area contributed by atoms with Gasteiger partial charge >= 0.3 is 0 Å². The molecule has 0 radical (unpaired) electrons. The van der Waals surface area contributed by atoms with Gasteiger partial charge in [0.15, 0.2) is 11.5 Å². The number of methoxy groups -OCH3 is 1. The van der Waals surface area contributed by atoms with Crippen molar-refractivity contribution in [2.24, 2.45) is 0 Å². The van der Waals surface area contributed by atoms with Crippen LogP contribution in [0.1, 0.15) is 61.6 Å². The lowest BCUT2D eigenvalue weighted by molar-refractivity contribution is 0.126. The van der Waals surface area contributed by atoms with E-state index in [0.717, 1.165) is 70.3 Å². The maximum atomic E-state index is 10.2. The van der Waals surface area contributed by atoms with E-state index in [9.17, 15) is 15.3 Å². The molecule has 0 aliphatic heterocycles. The Kier molecular flexibility index (Phi) is 12.6. The van der Waals surface area contributed by atoms with Crippen LogP contribution in [0.2, 0.25) is 0 Å². The number of benzene rings is 1. The first kappa shape index (κ1) is 26.9. The quantitative estimate of drug-likeness (QED) is 0.227. The number of pyridine rings is 1. The Balaban J connectivity index is 1.41. The number of unbranched alkanes of at least 4 members (excludes halogenated alkanes) is 4. The van der Waals surface area contributed by atoms with E-state index in [0.29, 0.717) is 18.0 Å². The Hall–Kier alpha value is -2.39. The van der Waals surface area contributed by atoms with E-state index >= 15 is 0 Å². The maximum Gasteiger partial charge on any atom is 0.160 e. The number of nitrogens with one attached hydrogen (secondary N) is 1. The maximum absolute atomic E-state index is 10.2. The average molecular weight is 463 g/mol. The summed E-state index contributed by atoms with van der Waals surface area (Å²) in [5.41, 5.74) is 1.76. The number of ether oxygens (including phenoxy) is 2. The second kappa shape index (κ2) is 15.4. The van der Waals surface area contributed by atoms with Gasteiger partial charge in [-0.1, -0.05) is 18.9 Å². The predicted octanol–water partition coefficient (Wildman–Crippen LogP) is 3.22. The minimum Gasteiger partial charge on any atom is -0.506 e. The summed E-state index contributed by atoms with van der Waals surface area (Å²) in [5.74, 6) is 0.614. The van der Waals surface area contributed by atoms with Crippen LogP contribution >= 0.6 is 0 Å². The molecule has 2 rings (SSSR count). The summed E-state index contributed by atoms with van der Waals surface area (Å²) in [6.45, 7) is 2.36. The number of aliphatic hydroxyl groups excluding tert-OH is 2. The third-order valence-corrected chi connectivity index (χ3v) is 5.44. The Labute approximate surface area is 196 Å². The van der Waals surface area contributed by atoms with Crippen LogP contribution in [0.5, 0.6) is 17.2 Å². The molecule has 0 saturated heterocycles. The van der Waals surface area contributed by atoms with Crippen molar-refractivity contribution in [1.82, 2.24) is 10.3 Å². The molecule has 1 unspecified atom stereocenters. The number of aromatic nitrogens is 1. The average Bonchev–Trinajstić information content (AvgIpc) is 2.83. The van der Waals surface area contributed by atoms with Crippen molar-refractivity contribution >= 4 is 0 Å². The van der Waals surface area contributed by atoms with Crippen LogP contribution in [0.15, 0.2) is 30.3 Å². The van der Waals surface area contributed by atoms with E-state index < -0.39 is 6.10 Å². The van der Waals surface area contributed by atoms with Crippen molar-refractivity contribution in [3.05, 3.63) is 47.3 Å². The number of aromatic hydroxyl groups is 2. The van der Waals surface area contributed by atoms with Crippen LogP contribution in [0.25, 0.3) is 0 Å². The van der Waals surface area contributed by atoms with Crippen molar-refractivity contribution in [1.29, 1.82) is 0 Å². The van der Waals surface area contributed by atoms with Crippen molar-refractivity contribution in [2.75, 3.05) is 33.4 Å². The third-order valence-electron chi connectivity index (χ3n) is 5.44. The number of aliphatic hydroxyl groups is 2. The topological polar surface area (TPSA) is 124 Å². The van der Waals surface area contributed by atoms with E-state index in [4.69, 9.17) is 14.6 Å². The monoisotopic (exact) mass is 462 g/mol. The van der Waals surface area contributed by atoms with E-state index in [1.54, 1.807) is 19.2 Å². The molecule has 1 atom stereocenters. The summed E-state index contributed by atoms with van der Waals surface area (Å²) in [5, 5.41) is 41.7. The van der Waals surface area contributed by atoms with Gasteiger partial charge in [-0.2, -0.15) is 0 Å². The van der Waals surface area contributed by atoms with Crippen LogP contribution in [0, 0.1) is 0 Å². The number of phenolic OH excluding ortho intramolecular Hbond substituents is 1. The van der Waals surface area contributed by atoms with Crippen LogP contribution in [0.4, 0.5) is 0 Å². The molecule has 0 bridgehead atoms. The highest BCUT2D eigenvalue weighted by molar-refractivity contribution is 5.41.